The van der Waals surface area contributed by atoms with E-state index in [1.165, 1.54) is 0 Å². The number of aromatic amines is 1. The van der Waals surface area contributed by atoms with E-state index in [1.54, 1.807) is 13.8 Å². The predicted molar refractivity (Wildman–Crippen MR) is 95.4 cm³/mol. The molecule has 1 aromatic rings. The SMILES string of the molecule is CCOC(=O)c1[nH]c(C)c(C(=O)CN2CCC(C3OCCO3)CC2)c1C. The molecule has 144 valence electrons. The Balaban J connectivity index is 1.59. The van der Waals surface area contributed by atoms with Gasteiger partial charge in [0, 0.05) is 17.2 Å². The molecular weight excluding hydrogens is 336 g/mol. The first-order valence-corrected chi connectivity index (χ1v) is 9.36. The lowest BCUT2D eigenvalue weighted by molar-refractivity contribution is -0.0968. The predicted octanol–water partition coefficient (Wildman–Crippen LogP) is 2.08. The number of esters is 1. The number of carbonyl (C=O) groups excluding carboxylic acids is 2. The maximum absolute atomic E-state index is 12.8. The van der Waals surface area contributed by atoms with E-state index in [0.29, 0.717) is 49.1 Å². The summed E-state index contributed by atoms with van der Waals surface area (Å²) in [6.45, 7) is 9.12. The van der Waals surface area contributed by atoms with Crippen molar-refractivity contribution >= 4 is 11.8 Å². The van der Waals surface area contributed by atoms with Crippen LogP contribution in [0.25, 0.3) is 0 Å². The molecule has 2 aliphatic rings. The summed E-state index contributed by atoms with van der Waals surface area (Å²) in [5.74, 6) is 0.0399. The number of carbonyl (C=O) groups is 2. The highest BCUT2D eigenvalue weighted by Gasteiger charge is 2.31. The topological polar surface area (TPSA) is 80.9 Å². The number of aryl methyl sites for hydroxylation is 1. The van der Waals surface area contributed by atoms with Crippen LogP contribution in [0.15, 0.2) is 0 Å². The number of hydrogen-bond donors (Lipinski definition) is 1. The summed E-state index contributed by atoms with van der Waals surface area (Å²) in [6.07, 6.45) is 1.86. The van der Waals surface area contributed by atoms with Crippen LogP contribution in [0.4, 0.5) is 0 Å². The number of Topliss-reactive ketones (excluding diaryl/α,β-unsaturated/α-hetero) is 1. The van der Waals surface area contributed by atoms with Crippen LogP contribution in [0, 0.1) is 19.8 Å². The molecule has 1 aromatic heterocycles. The van der Waals surface area contributed by atoms with E-state index in [4.69, 9.17) is 14.2 Å². The van der Waals surface area contributed by atoms with E-state index in [-0.39, 0.29) is 12.1 Å². The van der Waals surface area contributed by atoms with Crippen molar-refractivity contribution in [1.29, 1.82) is 0 Å². The third kappa shape index (κ3) is 4.00. The molecule has 0 spiro atoms. The third-order valence-electron chi connectivity index (χ3n) is 5.23. The number of likely N-dealkylation sites (tertiary alicyclic amines) is 1. The van der Waals surface area contributed by atoms with Crippen molar-refractivity contribution in [1.82, 2.24) is 9.88 Å². The number of aromatic nitrogens is 1. The van der Waals surface area contributed by atoms with Crippen molar-refractivity contribution in [3.05, 3.63) is 22.5 Å². The van der Waals surface area contributed by atoms with E-state index >= 15 is 0 Å². The van der Waals surface area contributed by atoms with Crippen molar-refractivity contribution < 1.29 is 23.8 Å². The summed E-state index contributed by atoms with van der Waals surface area (Å²) in [4.78, 5) is 30.0. The highest BCUT2D eigenvalue weighted by Crippen LogP contribution is 2.26. The van der Waals surface area contributed by atoms with Gasteiger partial charge in [0.1, 0.15) is 5.69 Å². The highest BCUT2D eigenvalue weighted by molar-refractivity contribution is 6.03. The van der Waals surface area contributed by atoms with Gasteiger partial charge in [-0.05, 0) is 52.3 Å². The molecule has 0 amide bonds. The molecule has 3 heterocycles. The van der Waals surface area contributed by atoms with Gasteiger partial charge in [-0.3, -0.25) is 9.69 Å². The molecule has 26 heavy (non-hydrogen) atoms. The van der Waals surface area contributed by atoms with Crippen LogP contribution in [0.3, 0.4) is 0 Å². The number of ketones is 1. The number of nitrogens with zero attached hydrogens (tertiary/aromatic N) is 1. The molecule has 0 unspecified atom stereocenters. The molecule has 0 atom stereocenters. The second kappa shape index (κ2) is 8.33. The van der Waals surface area contributed by atoms with Crippen LogP contribution < -0.4 is 0 Å². The molecule has 0 radical (unpaired) electrons. The fraction of sp³-hybridized carbons (Fsp3) is 0.684. The minimum Gasteiger partial charge on any atom is -0.461 e. The van der Waals surface area contributed by atoms with Crippen molar-refractivity contribution in [2.24, 2.45) is 5.92 Å². The lowest BCUT2D eigenvalue weighted by atomic mass is 9.95. The van der Waals surface area contributed by atoms with Gasteiger partial charge >= 0.3 is 5.97 Å². The molecule has 7 heteroatoms. The largest absolute Gasteiger partial charge is 0.461 e. The monoisotopic (exact) mass is 364 g/mol. The lowest BCUT2D eigenvalue weighted by Crippen LogP contribution is -2.40. The van der Waals surface area contributed by atoms with E-state index in [1.807, 2.05) is 6.92 Å². The standard InChI is InChI=1S/C19H28N2O5/c1-4-24-18(23)17-12(2)16(13(3)20-17)15(22)11-21-7-5-14(6-8-21)19-25-9-10-26-19/h14,19-20H,4-11H2,1-3H3. The Morgan fingerprint density at radius 1 is 1.19 bits per heavy atom. The second-order valence-corrected chi connectivity index (χ2v) is 6.99. The Morgan fingerprint density at radius 2 is 1.85 bits per heavy atom. The molecule has 2 aliphatic heterocycles. The van der Waals surface area contributed by atoms with Crippen LogP contribution in [0.5, 0.6) is 0 Å². The summed E-state index contributed by atoms with van der Waals surface area (Å²) in [5.41, 5.74) is 2.38. The maximum atomic E-state index is 12.8. The second-order valence-electron chi connectivity index (χ2n) is 6.99. The molecule has 0 saturated carbocycles. The van der Waals surface area contributed by atoms with Gasteiger partial charge in [0.15, 0.2) is 12.1 Å². The Kier molecular flexibility index (Phi) is 6.11. The zero-order valence-corrected chi connectivity index (χ0v) is 15.8. The van der Waals surface area contributed by atoms with Crippen LogP contribution in [-0.2, 0) is 14.2 Å². The molecule has 0 aliphatic carbocycles. The average molecular weight is 364 g/mol. The molecule has 1 N–H and O–H groups in total. The third-order valence-corrected chi connectivity index (χ3v) is 5.23. The first kappa shape index (κ1) is 19.1. The van der Waals surface area contributed by atoms with Crippen molar-refractivity contribution in [3.63, 3.8) is 0 Å². The van der Waals surface area contributed by atoms with Gasteiger partial charge in [-0.2, -0.15) is 0 Å². The number of rotatable bonds is 6. The van der Waals surface area contributed by atoms with E-state index < -0.39 is 5.97 Å². The molecule has 0 bridgehead atoms. The van der Waals surface area contributed by atoms with Crippen LogP contribution in [0.1, 0.15) is 51.9 Å². The lowest BCUT2D eigenvalue weighted by Gasteiger charge is -2.33. The number of piperidine rings is 1. The summed E-state index contributed by atoms with van der Waals surface area (Å²) < 4.78 is 16.2. The quantitative estimate of drug-likeness (QED) is 0.615. The summed E-state index contributed by atoms with van der Waals surface area (Å²) >= 11 is 0. The van der Waals surface area contributed by atoms with Gasteiger partial charge in [0.25, 0.3) is 0 Å². The highest BCUT2D eigenvalue weighted by atomic mass is 16.7. The number of hydrogen-bond acceptors (Lipinski definition) is 6. The van der Waals surface area contributed by atoms with E-state index in [2.05, 4.69) is 9.88 Å². The van der Waals surface area contributed by atoms with E-state index in [9.17, 15) is 9.59 Å². The Bertz CT molecular complexity index is 655. The van der Waals surface area contributed by atoms with Crippen molar-refractivity contribution in [2.75, 3.05) is 39.5 Å². The van der Waals surface area contributed by atoms with Crippen molar-refractivity contribution in [2.45, 2.75) is 39.9 Å². The van der Waals surface area contributed by atoms with Gasteiger partial charge in [0.05, 0.1) is 26.4 Å². The van der Waals surface area contributed by atoms with Gasteiger partial charge in [0.2, 0.25) is 0 Å². The summed E-state index contributed by atoms with van der Waals surface area (Å²) in [5, 5.41) is 0. The van der Waals surface area contributed by atoms with Gasteiger partial charge < -0.3 is 19.2 Å². The summed E-state index contributed by atoms with van der Waals surface area (Å²) in [6, 6.07) is 0. The first-order valence-electron chi connectivity index (χ1n) is 9.36. The maximum Gasteiger partial charge on any atom is 0.355 e. The van der Waals surface area contributed by atoms with E-state index in [0.717, 1.165) is 31.6 Å². The molecule has 7 nitrogen and oxygen atoms in total. The smallest absolute Gasteiger partial charge is 0.355 e. The Morgan fingerprint density at radius 3 is 2.46 bits per heavy atom. The normalized spacial score (nSPS) is 19.8. The number of nitrogens with one attached hydrogen (secondary N) is 1. The molecule has 3 rings (SSSR count). The molecular formula is C19H28N2O5. The fourth-order valence-electron chi connectivity index (χ4n) is 3.89. The fourth-order valence-corrected chi connectivity index (χ4v) is 3.89. The number of H-pyrrole nitrogens is 1. The minimum atomic E-state index is -0.412. The zero-order chi connectivity index (χ0) is 18.7. The van der Waals surface area contributed by atoms with Crippen LogP contribution in [-0.4, -0.2) is 67.4 Å². The molecule has 2 saturated heterocycles. The van der Waals surface area contributed by atoms with Gasteiger partial charge in [-0.1, -0.05) is 0 Å². The zero-order valence-electron chi connectivity index (χ0n) is 15.8. The molecule has 2 fully saturated rings. The van der Waals surface area contributed by atoms with Crippen LogP contribution in [0.2, 0.25) is 0 Å². The number of ether oxygens (including phenoxy) is 3. The summed E-state index contributed by atoms with van der Waals surface area (Å²) in [7, 11) is 0. The minimum absolute atomic E-state index is 0.0404. The van der Waals surface area contributed by atoms with Crippen molar-refractivity contribution in [3.8, 4) is 0 Å². The first-order chi connectivity index (χ1) is 12.5. The molecule has 0 aromatic carbocycles. The van der Waals surface area contributed by atoms with Gasteiger partial charge in [-0.15, -0.1) is 0 Å². The van der Waals surface area contributed by atoms with Crippen LogP contribution >= 0.6 is 0 Å². The Labute approximate surface area is 154 Å². The average Bonchev–Trinajstić information content (AvgIpc) is 3.24. The Hall–Kier alpha value is -1.70. The van der Waals surface area contributed by atoms with Gasteiger partial charge in [-0.25, -0.2) is 4.79 Å².